The minimum Gasteiger partial charge on any atom is -0.240 e. The topological polar surface area (TPSA) is 25.8 Å². The average molecular weight is 349 g/mol. The van der Waals surface area contributed by atoms with E-state index in [1.807, 2.05) is 12.4 Å². The van der Waals surface area contributed by atoms with Gasteiger partial charge in [0, 0.05) is 23.9 Å². The Hall–Kier alpha value is -1.70. The van der Waals surface area contributed by atoms with Crippen LogP contribution in [0.1, 0.15) is 88.4 Å². The van der Waals surface area contributed by atoms with Crippen LogP contribution in [0.4, 0.5) is 0 Å². The number of rotatable bonds is 3. The Morgan fingerprint density at radius 1 is 0.615 bits per heavy atom. The summed E-state index contributed by atoms with van der Waals surface area (Å²) in [5, 5.41) is 0. The Balaban J connectivity index is 1.42. The van der Waals surface area contributed by atoms with Crippen LogP contribution in [0.25, 0.3) is 11.1 Å². The second kappa shape index (κ2) is 7.90. The second-order valence-electron chi connectivity index (χ2n) is 8.87. The van der Waals surface area contributed by atoms with Crippen molar-refractivity contribution in [2.24, 2.45) is 11.8 Å². The third-order valence-electron chi connectivity index (χ3n) is 6.78. The first-order valence-electron chi connectivity index (χ1n) is 10.6. The molecule has 0 aliphatic heterocycles. The number of hydrogen-bond donors (Lipinski definition) is 0. The molecule has 0 amide bonds. The molecule has 4 rings (SSSR count). The van der Waals surface area contributed by atoms with Gasteiger partial charge in [-0.25, -0.2) is 9.97 Å². The standard InChI is InChI=1S/C24H32N2/c1-17-3-7-19(8-4-17)20-11-13-21(14-12-20)23-15-25-24(26-16-23)22-9-5-18(2)6-10-22/h11-19,22H,3-10H2,1-2H3. The van der Waals surface area contributed by atoms with E-state index in [2.05, 4.69) is 38.1 Å². The lowest BCUT2D eigenvalue weighted by molar-refractivity contribution is 0.339. The van der Waals surface area contributed by atoms with Crippen molar-refractivity contribution < 1.29 is 0 Å². The van der Waals surface area contributed by atoms with Gasteiger partial charge in [-0.2, -0.15) is 0 Å². The van der Waals surface area contributed by atoms with Gasteiger partial charge in [-0.3, -0.25) is 0 Å². The van der Waals surface area contributed by atoms with Crippen LogP contribution in [0, 0.1) is 11.8 Å². The van der Waals surface area contributed by atoms with Crippen LogP contribution in [-0.2, 0) is 0 Å². The highest BCUT2D eigenvalue weighted by Crippen LogP contribution is 2.36. The summed E-state index contributed by atoms with van der Waals surface area (Å²) in [6, 6.07) is 9.17. The Kier molecular flexibility index (Phi) is 5.38. The van der Waals surface area contributed by atoms with E-state index in [1.54, 1.807) is 0 Å². The van der Waals surface area contributed by atoms with E-state index in [-0.39, 0.29) is 0 Å². The molecule has 138 valence electrons. The van der Waals surface area contributed by atoms with E-state index in [9.17, 15) is 0 Å². The predicted octanol–water partition coefficient (Wildman–Crippen LogP) is 6.73. The largest absolute Gasteiger partial charge is 0.240 e. The fourth-order valence-corrected chi connectivity index (χ4v) is 4.76. The Morgan fingerprint density at radius 3 is 1.65 bits per heavy atom. The maximum atomic E-state index is 4.71. The van der Waals surface area contributed by atoms with E-state index >= 15 is 0 Å². The van der Waals surface area contributed by atoms with Crippen LogP contribution in [0.5, 0.6) is 0 Å². The molecule has 1 aromatic carbocycles. The SMILES string of the molecule is CC1CCC(c2ccc(-c3cnc(C4CCC(C)CC4)nc3)cc2)CC1. The molecule has 1 aromatic heterocycles. The summed E-state index contributed by atoms with van der Waals surface area (Å²) in [5.74, 6) is 4.16. The Labute approximate surface area is 158 Å². The van der Waals surface area contributed by atoms with Crippen LogP contribution < -0.4 is 0 Å². The lowest BCUT2D eigenvalue weighted by atomic mass is 9.79. The molecule has 2 nitrogen and oxygen atoms in total. The lowest BCUT2D eigenvalue weighted by Gasteiger charge is -2.26. The van der Waals surface area contributed by atoms with E-state index in [0.717, 1.165) is 29.1 Å². The molecular weight excluding hydrogens is 316 g/mol. The zero-order valence-corrected chi connectivity index (χ0v) is 16.3. The summed E-state index contributed by atoms with van der Waals surface area (Å²) in [4.78, 5) is 9.43. The minimum absolute atomic E-state index is 0.566. The second-order valence-corrected chi connectivity index (χ2v) is 8.87. The Bertz CT molecular complexity index is 624. The highest BCUT2D eigenvalue weighted by Gasteiger charge is 2.22. The monoisotopic (exact) mass is 348 g/mol. The van der Waals surface area contributed by atoms with Crippen LogP contribution >= 0.6 is 0 Å². The van der Waals surface area contributed by atoms with Crippen molar-refractivity contribution in [3.05, 3.63) is 48.0 Å². The van der Waals surface area contributed by atoms with Gasteiger partial charge in [0.15, 0.2) is 0 Å². The van der Waals surface area contributed by atoms with Crippen molar-refractivity contribution in [1.82, 2.24) is 9.97 Å². The minimum atomic E-state index is 0.566. The Morgan fingerprint density at radius 2 is 1.12 bits per heavy atom. The van der Waals surface area contributed by atoms with Crippen molar-refractivity contribution >= 4 is 0 Å². The fraction of sp³-hybridized carbons (Fsp3) is 0.583. The molecular formula is C24H32N2. The quantitative estimate of drug-likeness (QED) is 0.614. The van der Waals surface area contributed by atoms with Crippen molar-refractivity contribution in [2.45, 2.75) is 77.0 Å². The molecule has 0 bridgehead atoms. The summed E-state index contributed by atoms with van der Waals surface area (Å²) in [7, 11) is 0. The fourth-order valence-electron chi connectivity index (χ4n) is 4.76. The molecule has 0 spiro atoms. The molecule has 1 heterocycles. The van der Waals surface area contributed by atoms with E-state index in [1.165, 1.54) is 62.5 Å². The molecule has 0 N–H and O–H groups in total. The highest BCUT2D eigenvalue weighted by molar-refractivity contribution is 5.61. The van der Waals surface area contributed by atoms with Gasteiger partial charge >= 0.3 is 0 Å². The molecule has 26 heavy (non-hydrogen) atoms. The summed E-state index contributed by atoms with van der Waals surface area (Å²) in [6.07, 6.45) is 14.6. The normalized spacial score (nSPS) is 29.5. The molecule has 0 saturated heterocycles. The number of aromatic nitrogens is 2. The summed E-state index contributed by atoms with van der Waals surface area (Å²) >= 11 is 0. The van der Waals surface area contributed by atoms with Gasteiger partial charge in [0.05, 0.1) is 0 Å². The van der Waals surface area contributed by atoms with Gasteiger partial charge in [0.1, 0.15) is 5.82 Å². The zero-order chi connectivity index (χ0) is 17.9. The van der Waals surface area contributed by atoms with E-state index in [4.69, 9.17) is 9.97 Å². The van der Waals surface area contributed by atoms with Crippen molar-refractivity contribution in [3.63, 3.8) is 0 Å². The van der Waals surface area contributed by atoms with Crippen LogP contribution in [0.2, 0.25) is 0 Å². The summed E-state index contributed by atoms with van der Waals surface area (Å²) in [6.45, 7) is 4.74. The number of hydrogen-bond acceptors (Lipinski definition) is 2. The first-order valence-corrected chi connectivity index (χ1v) is 10.6. The van der Waals surface area contributed by atoms with Gasteiger partial charge in [0.2, 0.25) is 0 Å². The summed E-state index contributed by atoms with van der Waals surface area (Å²) in [5.41, 5.74) is 3.89. The predicted molar refractivity (Wildman–Crippen MR) is 108 cm³/mol. The van der Waals surface area contributed by atoms with Gasteiger partial charge in [-0.15, -0.1) is 0 Å². The molecule has 2 aromatic rings. The van der Waals surface area contributed by atoms with Gasteiger partial charge in [-0.05, 0) is 54.6 Å². The molecule has 0 unspecified atom stereocenters. The molecule has 0 radical (unpaired) electrons. The number of benzene rings is 1. The zero-order valence-electron chi connectivity index (χ0n) is 16.3. The number of nitrogens with zero attached hydrogens (tertiary/aromatic N) is 2. The smallest absolute Gasteiger partial charge is 0.131 e. The third kappa shape index (κ3) is 4.00. The molecule has 2 saturated carbocycles. The molecule has 0 atom stereocenters. The van der Waals surface area contributed by atoms with Gasteiger partial charge in [-0.1, -0.05) is 63.8 Å². The van der Waals surface area contributed by atoms with Crippen LogP contribution in [0.3, 0.4) is 0 Å². The maximum Gasteiger partial charge on any atom is 0.131 e. The summed E-state index contributed by atoms with van der Waals surface area (Å²) < 4.78 is 0. The van der Waals surface area contributed by atoms with Crippen molar-refractivity contribution in [1.29, 1.82) is 0 Å². The molecule has 2 aliphatic carbocycles. The highest BCUT2D eigenvalue weighted by atomic mass is 14.9. The molecule has 2 aliphatic rings. The van der Waals surface area contributed by atoms with E-state index in [0.29, 0.717) is 5.92 Å². The molecule has 2 fully saturated rings. The first-order chi connectivity index (χ1) is 12.7. The van der Waals surface area contributed by atoms with Crippen molar-refractivity contribution in [2.75, 3.05) is 0 Å². The third-order valence-corrected chi connectivity index (χ3v) is 6.78. The van der Waals surface area contributed by atoms with Crippen molar-refractivity contribution in [3.8, 4) is 11.1 Å². The van der Waals surface area contributed by atoms with Crippen LogP contribution in [0.15, 0.2) is 36.7 Å². The first kappa shape index (κ1) is 17.7. The lowest BCUT2D eigenvalue weighted by Crippen LogP contribution is -2.13. The van der Waals surface area contributed by atoms with E-state index < -0.39 is 0 Å². The van der Waals surface area contributed by atoms with Gasteiger partial charge in [0.25, 0.3) is 0 Å². The van der Waals surface area contributed by atoms with Gasteiger partial charge < -0.3 is 0 Å². The van der Waals surface area contributed by atoms with Crippen LogP contribution in [-0.4, -0.2) is 9.97 Å². The average Bonchev–Trinajstić information content (AvgIpc) is 2.70. The molecule has 2 heteroatoms. The maximum absolute atomic E-state index is 4.71.